The molecule has 1 aromatic carbocycles. The van der Waals surface area contributed by atoms with Gasteiger partial charge in [-0.3, -0.25) is 9.79 Å². The van der Waals surface area contributed by atoms with E-state index in [1.165, 1.54) is 6.42 Å². The second-order valence-corrected chi connectivity index (χ2v) is 7.15. The summed E-state index contributed by atoms with van der Waals surface area (Å²) in [6.45, 7) is 7.43. The molecule has 0 bridgehead atoms. The number of amides is 1. The van der Waals surface area contributed by atoms with Crippen molar-refractivity contribution in [2.24, 2.45) is 16.8 Å². The molecule has 0 aliphatic carbocycles. The van der Waals surface area contributed by atoms with Gasteiger partial charge in [0.15, 0.2) is 5.96 Å². The zero-order valence-corrected chi connectivity index (χ0v) is 18.3. The van der Waals surface area contributed by atoms with Crippen LogP contribution in [-0.2, 0) is 6.54 Å². The van der Waals surface area contributed by atoms with Crippen LogP contribution in [0.5, 0.6) is 0 Å². The van der Waals surface area contributed by atoms with Crippen molar-refractivity contribution in [1.82, 2.24) is 15.1 Å². The van der Waals surface area contributed by atoms with E-state index in [0.717, 1.165) is 24.6 Å². The van der Waals surface area contributed by atoms with Gasteiger partial charge in [0.2, 0.25) is 0 Å². The van der Waals surface area contributed by atoms with Gasteiger partial charge in [-0.2, -0.15) is 0 Å². The number of guanidine groups is 1. The molecule has 0 saturated carbocycles. The molecule has 1 heterocycles. The summed E-state index contributed by atoms with van der Waals surface area (Å²) in [5, 5.41) is 3.45. The van der Waals surface area contributed by atoms with Crippen LogP contribution >= 0.6 is 24.0 Å². The van der Waals surface area contributed by atoms with Crippen LogP contribution in [0.15, 0.2) is 29.3 Å². The monoisotopic (exact) mass is 458 g/mol. The molecule has 1 N–H and O–H groups in total. The number of hydrogen-bond donors (Lipinski definition) is 1. The number of likely N-dealkylation sites (tertiary alicyclic amines) is 1. The average Bonchev–Trinajstić information content (AvgIpc) is 2.54. The lowest BCUT2D eigenvalue weighted by Gasteiger charge is -2.37. The predicted octanol–water partition coefficient (Wildman–Crippen LogP) is 3.06. The van der Waals surface area contributed by atoms with Crippen LogP contribution in [-0.4, -0.2) is 55.9 Å². The Labute approximate surface area is 168 Å². The van der Waals surface area contributed by atoms with Gasteiger partial charge in [-0.05, 0) is 36.0 Å². The summed E-state index contributed by atoms with van der Waals surface area (Å²) in [7, 11) is 5.37. The molecular weight excluding hydrogens is 427 g/mol. The van der Waals surface area contributed by atoms with Crippen molar-refractivity contribution in [3.05, 3.63) is 35.4 Å². The molecular formula is C19H31IN4O. The molecule has 1 amide bonds. The molecule has 2 atom stereocenters. The summed E-state index contributed by atoms with van der Waals surface area (Å²) in [6, 6.07) is 7.76. The van der Waals surface area contributed by atoms with Gasteiger partial charge in [-0.15, -0.1) is 24.0 Å². The number of rotatable bonds is 3. The van der Waals surface area contributed by atoms with E-state index in [1.54, 1.807) is 19.0 Å². The topological polar surface area (TPSA) is 47.9 Å². The molecule has 0 aromatic heterocycles. The first-order valence-electron chi connectivity index (χ1n) is 8.67. The number of carbonyl (C=O) groups is 1. The second-order valence-electron chi connectivity index (χ2n) is 7.15. The average molecular weight is 458 g/mol. The Morgan fingerprint density at radius 3 is 2.24 bits per heavy atom. The van der Waals surface area contributed by atoms with E-state index in [2.05, 4.69) is 29.1 Å². The summed E-state index contributed by atoms with van der Waals surface area (Å²) in [5.41, 5.74) is 1.86. The van der Waals surface area contributed by atoms with Crippen LogP contribution in [0.2, 0.25) is 0 Å². The minimum atomic E-state index is 0. The number of nitrogens with one attached hydrogen (secondary N) is 1. The molecule has 1 aliphatic rings. The van der Waals surface area contributed by atoms with Gasteiger partial charge in [0.1, 0.15) is 0 Å². The molecule has 2 rings (SSSR count). The van der Waals surface area contributed by atoms with Crippen molar-refractivity contribution >= 4 is 35.8 Å². The summed E-state index contributed by atoms with van der Waals surface area (Å²) < 4.78 is 0. The fourth-order valence-electron chi connectivity index (χ4n) is 3.37. The number of aliphatic imine (C=N–C) groups is 1. The highest BCUT2D eigenvalue weighted by Crippen LogP contribution is 2.20. The number of halogens is 1. The van der Waals surface area contributed by atoms with Crippen molar-refractivity contribution in [2.45, 2.75) is 26.8 Å². The highest BCUT2D eigenvalue weighted by atomic mass is 127. The molecule has 6 heteroatoms. The van der Waals surface area contributed by atoms with E-state index < -0.39 is 0 Å². The first-order valence-corrected chi connectivity index (χ1v) is 8.67. The largest absolute Gasteiger partial charge is 0.352 e. The van der Waals surface area contributed by atoms with Crippen molar-refractivity contribution in [2.75, 3.05) is 34.2 Å². The van der Waals surface area contributed by atoms with E-state index >= 15 is 0 Å². The van der Waals surface area contributed by atoms with Gasteiger partial charge in [0.25, 0.3) is 5.91 Å². The summed E-state index contributed by atoms with van der Waals surface area (Å²) in [4.78, 5) is 20.3. The van der Waals surface area contributed by atoms with Gasteiger partial charge in [-0.1, -0.05) is 26.0 Å². The first-order chi connectivity index (χ1) is 11.4. The maximum atomic E-state index is 11.9. The molecule has 25 heavy (non-hydrogen) atoms. The van der Waals surface area contributed by atoms with Crippen LogP contribution in [0.25, 0.3) is 0 Å². The van der Waals surface area contributed by atoms with Gasteiger partial charge in [0.05, 0.1) is 0 Å². The Hall–Kier alpha value is -1.31. The van der Waals surface area contributed by atoms with Gasteiger partial charge < -0.3 is 15.1 Å². The SMILES string of the molecule is CN=C(NCc1ccc(C(=O)N(C)C)cc1)N1CC(C)CC(C)C1.I. The zero-order valence-electron chi connectivity index (χ0n) is 16.0. The van der Waals surface area contributed by atoms with E-state index in [0.29, 0.717) is 23.9 Å². The molecule has 0 radical (unpaired) electrons. The van der Waals surface area contributed by atoms with E-state index in [9.17, 15) is 4.79 Å². The fraction of sp³-hybridized carbons (Fsp3) is 0.579. The highest BCUT2D eigenvalue weighted by molar-refractivity contribution is 14.0. The number of hydrogen-bond acceptors (Lipinski definition) is 2. The maximum Gasteiger partial charge on any atom is 0.253 e. The van der Waals surface area contributed by atoms with Crippen molar-refractivity contribution < 1.29 is 4.79 Å². The van der Waals surface area contributed by atoms with E-state index in [-0.39, 0.29) is 29.9 Å². The van der Waals surface area contributed by atoms with Crippen LogP contribution in [0.1, 0.15) is 36.2 Å². The quantitative estimate of drug-likeness (QED) is 0.431. The normalized spacial score (nSPS) is 20.7. The second kappa shape index (κ2) is 9.99. The maximum absolute atomic E-state index is 11.9. The van der Waals surface area contributed by atoms with Crippen LogP contribution in [0.4, 0.5) is 0 Å². The van der Waals surface area contributed by atoms with Gasteiger partial charge in [-0.25, -0.2) is 0 Å². The lowest BCUT2D eigenvalue weighted by atomic mass is 9.92. The Morgan fingerprint density at radius 2 is 1.76 bits per heavy atom. The molecule has 140 valence electrons. The predicted molar refractivity (Wildman–Crippen MR) is 115 cm³/mol. The smallest absolute Gasteiger partial charge is 0.253 e. The van der Waals surface area contributed by atoms with Crippen molar-refractivity contribution in [3.8, 4) is 0 Å². The lowest BCUT2D eigenvalue weighted by molar-refractivity contribution is 0.0827. The Kier molecular flexibility index (Phi) is 8.68. The number of piperidine rings is 1. The first kappa shape index (κ1) is 21.7. The number of carbonyl (C=O) groups excluding carboxylic acids is 1. The van der Waals surface area contributed by atoms with Gasteiger partial charge >= 0.3 is 0 Å². The van der Waals surface area contributed by atoms with Crippen LogP contribution in [0.3, 0.4) is 0 Å². The molecule has 0 spiro atoms. The van der Waals surface area contributed by atoms with Crippen molar-refractivity contribution in [1.29, 1.82) is 0 Å². The summed E-state index contributed by atoms with van der Waals surface area (Å²) in [5.74, 6) is 2.38. The minimum Gasteiger partial charge on any atom is -0.352 e. The standard InChI is InChI=1S/C19H30N4O.HI/c1-14-10-15(2)13-23(12-14)19(20-3)21-11-16-6-8-17(9-7-16)18(24)22(4)5;/h6-9,14-15H,10-13H2,1-5H3,(H,20,21);1H. The third kappa shape index (κ3) is 6.17. The zero-order chi connectivity index (χ0) is 17.7. The molecule has 1 saturated heterocycles. The molecule has 2 unspecified atom stereocenters. The van der Waals surface area contributed by atoms with Gasteiger partial charge in [0, 0.05) is 46.3 Å². The number of benzene rings is 1. The lowest BCUT2D eigenvalue weighted by Crippen LogP contribution is -2.48. The van der Waals surface area contributed by atoms with Crippen LogP contribution in [0, 0.1) is 11.8 Å². The summed E-state index contributed by atoms with van der Waals surface area (Å²) in [6.07, 6.45) is 1.29. The van der Waals surface area contributed by atoms with E-state index in [1.807, 2.05) is 31.3 Å². The van der Waals surface area contributed by atoms with Crippen LogP contribution < -0.4 is 5.32 Å². The highest BCUT2D eigenvalue weighted by Gasteiger charge is 2.23. The van der Waals surface area contributed by atoms with E-state index in [4.69, 9.17) is 0 Å². The third-order valence-electron chi connectivity index (χ3n) is 4.44. The minimum absolute atomic E-state index is 0. The molecule has 1 aliphatic heterocycles. The fourth-order valence-corrected chi connectivity index (χ4v) is 3.37. The Balaban J connectivity index is 0.00000312. The summed E-state index contributed by atoms with van der Waals surface area (Å²) >= 11 is 0. The molecule has 5 nitrogen and oxygen atoms in total. The Bertz CT molecular complexity index is 576. The Morgan fingerprint density at radius 1 is 1.20 bits per heavy atom. The molecule has 1 aromatic rings. The third-order valence-corrected chi connectivity index (χ3v) is 4.44. The van der Waals surface area contributed by atoms with Crippen molar-refractivity contribution in [3.63, 3.8) is 0 Å². The molecule has 1 fully saturated rings. The number of nitrogens with zero attached hydrogens (tertiary/aromatic N) is 3.